The van der Waals surface area contributed by atoms with E-state index in [1.807, 2.05) is 31.2 Å². The minimum absolute atomic E-state index is 0.164. The van der Waals surface area contributed by atoms with Crippen LogP contribution in [0.15, 0.2) is 30.3 Å². The summed E-state index contributed by atoms with van der Waals surface area (Å²) in [4.78, 5) is 40.1. The van der Waals surface area contributed by atoms with Crippen molar-refractivity contribution in [3.05, 3.63) is 52.8 Å². The van der Waals surface area contributed by atoms with Crippen LogP contribution in [0.5, 0.6) is 0 Å². The first-order chi connectivity index (χ1) is 15.3. The lowest BCUT2D eigenvalue weighted by atomic mass is 9.95. The van der Waals surface area contributed by atoms with Gasteiger partial charge in [-0.05, 0) is 38.7 Å². The van der Waals surface area contributed by atoms with Crippen molar-refractivity contribution in [1.82, 2.24) is 25.3 Å². The van der Waals surface area contributed by atoms with Crippen LogP contribution in [0.25, 0.3) is 0 Å². The first-order valence-corrected chi connectivity index (χ1v) is 11.3. The third kappa shape index (κ3) is 4.26. The molecule has 170 valence electrons. The summed E-state index contributed by atoms with van der Waals surface area (Å²) in [5, 5.41) is 10.3. The summed E-state index contributed by atoms with van der Waals surface area (Å²) in [5.74, 6) is -0.816. The van der Waals surface area contributed by atoms with Gasteiger partial charge >= 0.3 is 0 Å². The molecule has 4 rings (SSSR count). The van der Waals surface area contributed by atoms with Crippen molar-refractivity contribution in [2.45, 2.75) is 64.1 Å². The summed E-state index contributed by atoms with van der Waals surface area (Å²) in [6, 6.07) is 9.85. The fraction of sp³-hybridized carbons (Fsp3) is 0.500. The third-order valence-electron chi connectivity index (χ3n) is 6.73. The Labute approximate surface area is 188 Å². The monoisotopic (exact) mass is 437 g/mol. The summed E-state index contributed by atoms with van der Waals surface area (Å²) in [6.07, 6.45) is 4.88. The van der Waals surface area contributed by atoms with E-state index in [0.717, 1.165) is 31.2 Å². The highest BCUT2D eigenvalue weighted by Gasteiger charge is 2.46. The molecule has 1 atom stereocenters. The zero-order valence-electron chi connectivity index (χ0n) is 19.0. The van der Waals surface area contributed by atoms with Crippen LogP contribution in [0, 0.1) is 6.92 Å². The Morgan fingerprint density at radius 1 is 1.19 bits per heavy atom. The average Bonchev–Trinajstić information content (AvgIpc) is 3.43. The van der Waals surface area contributed by atoms with Crippen molar-refractivity contribution in [2.24, 2.45) is 0 Å². The molecule has 2 aromatic rings. The molecule has 0 spiro atoms. The Balaban J connectivity index is 1.43. The molecule has 0 saturated heterocycles. The molecule has 0 bridgehead atoms. The summed E-state index contributed by atoms with van der Waals surface area (Å²) >= 11 is 0. The van der Waals surface area contributed by atoms with Gasteiger partial charge in [-0.15, -0.1) is 0 Å². The Hall–Kier alpha value is -3.16. The maximum absolute atomic E-state index is 13.1. The molecule has 8 nitrogen and oxygen atoms in total. The van der Waals surface area contributed by atoms with E-state index in [4.69, 9.17) is 0 Å². The number of rotatable bonds is 6. The van der Waals surface area contributed by atoms with Gasteiger partial charge in [-0.25, -0.2) is 0 Å². The molecule has 8 heteroatoms. The van der Waals surface area contributed by atoms with E-state index in [1.54, 1.807) is 14.0 Å². The highest BCUT2D eigenvalue weighted by molar-refractivity contribution is 6.01. The molecule has 1 fully saturated rings. The maximum atomic E-state index is 13.1. The first-order valence-electron chi connectivity index (χ1n) is 11.3. The molecule has 2 heterocycles. The molecule has 0 unspecified atom stereocenters. The van der Waals surface area contributed by atoms with E-state index >= 15 is 0 Å². The molecule has 1 aliphatic heterocycles. The number of amides is 3. The van der Waals surface area contributed by atoms with Crippen LogP contribution in [0.1, 0.15) is 64.7 Å². The van der Waals surface area contributed by atoms with Gasteiger partial charge in [0.2, 0.25) is 5.91 Å². The van der Waals surface area contributed by atoms with E-state index in [-0.39, 0.29) is 36.0 Å². The number of carbonyl (C=O) groups excluding carboxylic acids is 3. The molecular weight excluding hydrogens is 406 g/mol. The SMILES string of the molecule is Cc1ccc(CCNC(=O)c2cc3n(n2)C[C@@](C)(C(=O)NC2CCCC2)N(C)C3=O)cc1. The number of hydrogen-bond acceptors (Lipinski definition) is 4. The molecule has 32 heavy (non-hydrogen) atoms. The molecule has 1 aliphatic carbocycles. The van der Waals surface area contributed by atoms with Gasteiger partial charge in [-0.1, -0.05) is 42.7 Å². The van der Waals surface area contributed by atoms with Gasteiger partial charge < -0.3 is 15.5 Å². The van der Waals surface area contributed by atoms with Crippen molar-refractivity contribution in [3.8, 4) is 0 Å². The molecule has 1 aromatic heterocycles. The third-order valence-corrected chi connectivity index (χ3v) is 6.73. The highest BCUT2D eigenvalue weighted by Crippen LogP contribution is 2.27. The number of likely N-dealkylation sites (N-methyl/N-ethyl adjacent to an activating group) is 1. The van der Waals surface area contributed by atoms with Gasteiger partial charge in [0.1, 0.15) is 11.2 Å². The zero-order chi connectivity index (χ0) is 22.9. The minimum Gasteiger partial charge on any atom is -0.351 e. The van der Waals surface area contributed by atoms with Crippen LogP contribution in [0.3, 0.4) is 0 Å². The number of carbonyl (C=O) groups is 3. The van der Waals surface area contributed by atoms with E-state index in [9.17, 15) is 14.4 Å². The van der Waals surface area contributed by atoms with Crippen molar-refractivity contribution < 1.29 is 14.4 Å². The number of hydrogen-bond donors (Lipinski definition) is 2. The smallest absolute Gasteiger partial charge is 0.272 e. The lowest BCUT2D eigenvalue weighted by molar-refractivity contribution is -0.133. The summed E-state index contributed by atoms with van der Waals surface area (Å²) in [5.41, 5.74) is 1.78. The number of fused-ring (bicyclic) bond motifs is 1. The minimum atomic E-state index is -1.06. The van der Waals surface area contributed by atoms with E-state index in [0.29, 0.717) is 18.7 Å². The lowest BCUT2D eigenvalue weighted by Gasteiger charge is -2.41. The van der Waals surface area contributed by atoms with E-state index < -0.39 is 5.54 Å². The Morgan fingerprint density at radius 3 is 2.56 bits per heavy atom. The normalized spacial score (nSPS) is 20.8. The van der Waals surface area contributed by atoms with Gasteiger partial charge in [0.05, 0.1) is 6.54 Å². The molecule has 1 aromatic carbocycles. The summed E-state index contributed by atoms with van der Waals surface area (Å²) in [7, 11) is 1.63. The Kier molecular flexibility index (Phi) is 6.04. The second-order valence-corrected chi connectivity index (χ2v) is 9.16. The van der Waals surface area contributed by atoms with Crippen LogP contribution in [-0.4, -0.2) is 57.6 Å². The first kappa shape index (κ1) is 22.0. The van der Waals surface area contributed by atoms with Gasteiger partial charge in [-0.3, -0.25) is 19.1 Å². The maximum Gasteiger partial charge on any atom is 0.272 e. The second-order valence-electron chi connectivity index (χ2n) is 9.16. The van der Waals surface area contributed by atoms with Crippen LogP contribution < -0.4 is 10.6 Å². The van der Waals surface area contributed by atoms with Crippen LogP contribution in [0.4, 0.5) is 0 Å². The fourth-order valence-electron chi connectivity index (χ4n) is 4.41. The highest BCUT2D eigenvalue weighted by atomic mass is 16.2. The topological polar surface area (TPSA) is 96.3 Å². The van der Waals surface area contributed by atoms with Crippen molar-refractivity contribution in [2.75, 3.05) is 13.6 Å². The number of nitrogens with one attached hydrogen (secondary N) is 2. The fourth-order valence-corrected chi connectivity index (χ4v) is 4.41. The summed E-state index contributed by atoms with van der Waals surface area (Å²) in [6.45, 7) is 4.47. The number of aromatic nitrogens is 2. The molecule has 2 N–H and O–H groups in total. The molecular formula is C24H31N5O3. The standard InChI is InChI=1S/C24H31N5O3/c1-16-8-10-17(11-9-16)12-13-25-21(30)19-14-20-22(31)28(3)24(2,15-29(20)27-19)23(32)26-18-6-4-5-7-18/h8-11,14,18H,4-7,12-13,15H2,1-3H3,(H,25,30)(H,26,32)/t24-/m0/s1. The predicted octanol–water partition coefficient (Wildman–Crippen LogP) is 2.07. The quantitative estimate of drug-likeness (QED) is 0.723. The largest absolute Gasteiger partial charge is 0.351 e. The van der Waals surface area contributed by atoms with Gasteiger partial charge in [0.25, 0.3) is 11.8 Å². The zero-order valence-corrected chi connectivity index (χ0v) is 19.0. The van der Waals surface area contributed by atoms with Gasteiger partial charge in [0.15, 0.2) is 5.69 Å². The van der Waals surface area contributed by atoms with Gasteiger partial charge in [-0.2, -0.15) is 5.10 Å². The number of nitrogens with zero attached hydrogens (tertiary/aromatic N) is 3. The van der Waals surface area contributed by atoms with Gasteiger partial charge in [0, 0.05) is 25.7 Å². The van der Waals surface area contributed by atoms with E-state index in [2.05, 4.69) is 15.7 Å². The Morgan fingerprint density at radius 2 is 1.88 bits per heavy atom. The molecule has 0 radical (unpaired) electrons. The van der Waals surface area contributed by atoms with Crippen molar-refractivity contribution in [1.29, 1.82) is 0 Å². The van der Waals surface area contributed by atoms with Crippen molar-refractivity contribution in [3.63, 3.8) is 0 Å². The van der Waals surface area contributed by atoms with Crippen LogP contribution in [-0.2, 0) is 17.8 Å². The summed E-state index contributed by atoms with van der Waals surface area (Å²) < 4.78 is 1.49. The average molecular weight is 438 g/mol. The lowest BCUT2D eigenvalue weighted by Crippen LogP contribution is -2.63. The number of aryl methyl sites for hydroxylation is 1. The second kappa shape index (κ2) is 8.76. The van der Waals surface area contributed by atoms with E-state index in [1.165, 1.54) is 21.2 Å². The predicted molar refractivity (Wildman–Crippen MR) is 120 cm³/mol. The molecule has 3 amide bonds. The molecule has 2 aliphatic rings. The van der Waals surface area contributed by atoms with Crippen molar-refractivity contribution >= 4 is 17.7 Å². The molecule has 1 saturated carbocycles. The Bertz CT molecular complexity index is 1020. The number of benzene rings is 1. The van der Waals surface area contributed by atoms with Crippen LogP contribution in [0.2, 0.25) is 0 Å². The van der Waals surface area contributed by atoms with Crippen LogP contribution >= 0.6 is 0 Å².